The summed E-state index contributed by atoms with van der Waals surface area (Å²) in [5, 5.41) is 3.16. The van der Waals surface area contributed by atoms with Gasteiger partial charge in [-0.2, -0.15) is 13.2 Å². The van der Waals surface area contributed by atoms with Gasteiger partial charge in [0.05, 0.1) is 0 Å². The maximum atomic E-state index is 11.8. The van der Waals surface area contributed by atoms with Crippen molar-refractivity contribution in [3.8, 4) is 0 Å². The van der Waals surface area contributed by atoms with E-state index < -0.39 is 12.8 Å². The van der Waals surface area contributed by atoms with Crippen LogP contribution in [0, 0.1) is 0 Å². The Hall–Kier alpha value is -1.23. The Balaban J connectivity index is 2.23. The van der Waals surface area contributed by atoms with E-state index >= 15 is 0 Å². The minimum atomic E-state index is -4.24. The average Bonchev–Trinajstić information content (AvgIpc) is 2.32. The van der Waals surface area contributed by atoms with Gasteiger partial charge < -0.3 is 10.1 Å². The van der Waals surface area contributed by atoms with E-state index in [9.17, 15) is 13.2 Å². The number of rotatable bonds is 6. The van der Waals surface area contributed by atoms with Crippen LogP contribution in [0.4, 0.5) is 18.9 Å². The molecule has 0 atom stereocenters. The van der Waals surface area contributed by atoms with Crippen molar-refractivity contribution in [2.24, 2.45) is 0 Å². The molecular weight excluding hydrogens is 267 g/mol. The molecule has 0 aliphatic rings. The van der Waals surface area contributed by atoms with Crippen molar-refractivity contribution in [2.75, 3.05) is 25.1 Å². The Bertz CT molecular complexity index is 393. The van der Waals surface area contributed by atoms with Gasteiger partial charge in [0.2, 0.25) is 0 Å². The van der Waals surface area contributed by atoms with Crippen LogP contribution in [0.15, 0.2) is 24.3 Å². The quantitative estimate of drug-likeness (QED) is 0.785. The van der Waals surface area contributed by atoms with E-state index in [0.717, 1.165) is 5.69 Å². The van der Waals surface area contributed by atoms with Crippen molar-refractivity contribution in [1.82, 2.24) is 0 Å². The van der Waals surface area contributed by atoms with Gasteiger partial charge in [0.25, 0.3) is 0 Å². The van der Waals surface area contributed by atoms with Gasteiger partial charge in [-0.05, 0) is 29.5 Å². The molecule has 0 aliphatic carbocycles. The minimum absolute atomic E-state index is 0.104. The van der Waals surface area contributed by atoms with Crippen molar-refractivity contribution < 1.29 is 17.9 Å². The first kappa shape index (κ1) is 16.8. The number of halogens is 3. The topological polar surface area (TPSA) is 21.3 Å². The predicted octanol–water partition coefficient (Wildman–Crippen LogP) is 4.37. The molecule has 1 aromatic rings. The fourth-order valence-electron chi connectivity index (χ4n) is 1.68. The molecule has 0 unspecified atom stereocenters. The molecule has 1 rings (SSSR count). The van der Waals surface area contributed by atoms with E-state index in [1.165, 1.54) is 5.56 Å². The highest BCUT2D eigenvalue weighted by molar-refractivity contribution is 5.45. The number of anilines is 1. The molecule has 1 N–H and O–H groups in total. The Morgan fingerprint density at radius 2 is 1.65 bits per heavy atom. The SMILES string of the molecule is CC(C)(C)c1ccc(NCCCOCC(F)(F)F)cc1. The van der Waals surface area contributed by atoms with Gasteiger partial charge in [0, 0.05) is 18.8 Å². The van der Waals surface area contributed by atoms with E-state index in [-0.39, 0.29) is 12.0 Å². The summed E-state index contributed by atoms with van der Waals surface area (Å²) >= 11 is 0. The predicted molar refractivity (Wildman–Crippen MR) is 75.1 cm³/mol. The summed E-state index contributed by atoms with van der Waals surface area (Å²) in [4.78, 5) is 0. The van der Waals surface area contributed by atoms with Gasteiger partial charge in [-0.3, -0.25) is 0 Å². The first-order valence-corrected chi connectivity index (χ1v) is 6.67. The van der Waals surface area contributed by atoms with Crippen molar-refractivity contribution in [3.05, 3.63) is 29.8 Å². The highest BCUT2D eigenvalue weighted by atomic mass is 19.4. The molecule has 0 heterocycles. The third-order valence-corrected chi connectivity index (χ3v) is 2.81. The number of hydrogen-bond donors (Lipinski definition) is 1. The van der Waals surface area contributed by atoms with Crippen LogP contribution >= 0.6 is 0 Å². The summed E-state index contributed by atoms with van der Waals surface area (Å²) in [5.41, 5.74) is 2.33. The lowest BCUT2D eigenvalue weighted by molar-refractivity contribution is -0.173. The zero-order valence-corrected chi connectivity index (χ0v) is 12.2. The lowest BCUT2D eigenvalue weighted by Crippen LogP contribution is -2.18. The number of benzene rings is 1. The first-order chi connectivity index (χ1) is 9.18. The van der Waals surface area contributed by atoms with Crippen molar-refractivity contribution >= 4 is 5.69 Å². The molecule has 0 fully saturated rings. The molecule has 2 nitrogen and oxygen atoms in total. The monoisotopic (exact) mass is 289 g/mol. The maximum absolute atomic E-state index is 11.8. The third-order valence-electron chi connectivity index (χ3n) is 2.81. The highest BCUT2D eigenvalue weighted by Gasteiger charge is 2.27. The van der Waals surface area contributed by atoms with Crippen LogP contribution in [-0.4, -0.2) is 25.9 Å². The molecule has 0 bridgehead atoms. The molecule has 114 valence electrons. The number of nitrogens with one attached hydrogen (secondary N) is 1. The molecule has 0 radical (unpaired) electrons. The molecule has 0 saturated carbocycles. The van der Waals surface area contributed by atoms with E-state index in [1.54, 1.807) is 0 Å². The largest absolute Gasteiger partial charge is 0.411 e. The van der Waals surface area contributed by atoms with Gasteiger partial charge >= 0.3 is 6.18 Å². The molecule has 0 amide bonds. The Morgan fingerprint density at radius 3 is 2.15 bits per heavy atom. The zero-order chi connectivity index (χ0) is 15.2. The number of alkyl halides is 3. The highest BCUT2D eigenvalue weighted by Crippen LogP contribution is 2.23. The van der Waals surface area contributed by atoms with Gasteiger partial charge in [-0.15, -0.1) is 0 Å². The van der Waals surface area contributed by atoms with Crippen molar-refractivity contribution in [2.45, 2.75) is 38.8 Å². The zero-order valence-electron chi connectivity index (χ0n) is 12.2. The smallest absolute Gasteiger partial charge is 0.385 e. The van der Waals surface area contributed by atoms with Gasteiger partial charge in [0.15, 0.2) is 0 Å². The van der Waals surface area contributed by atoms with E-state index in [0.29, 0.717) is 13.0 Å². The summed E-state index contributed by atoms with van der Waals surface area (Å²) in [7, 11) is 0. The molecule has 20 heavy (non-hydrogen) atoms. The van der Waals surface area contributed by atoms with E-state index in [2.05, 4.69) is 43.0 Å². The Morgan fingerprint density at radius 1 is 1.05 bits per heavy atom. The molecule has 0 aliphatic heterocycles. The van der Waals surface area contributed by atoms with E-state index in [1.807, 2.05) is 12.1 Å². The maximum Gasteiger partial charge on any atom is 0.411 e. The van der Waals surface area contributed by atoms with Crippen LogP contribution in [0.2, 0.25) is 0 Å². The van der Waals surface area contributed by atoms with Crippen molar-refractivity contribution in [3.63, 3.8) is 0 Å². The second-order valence-corrected chi connectivity index (χ2v) is 5.78. The molecule has 0 spiro atoms. The van der Waals surface area contributed by atoms with Crippen LogP contribution < -0.4 is 5.32 Å². The molecule has 5 heteroatoms. The summed E-state index contributed by atoms with van der Waals surface area (Å²) in [6, 6.07) is 8.08. The lowest BCUT2D eigenvalue weighted by atomic mass is 9.87. The molecule has 0 aromatic heterocycles. The summed E-state index contributed by atoms with van der Waals surface area (Å²) in [5.74, 6) is 0. The Labute approximate surface area is 118 Å². The van der Waals surface area contributed by atoms with Crippen LogP contribution in [-0.2, 0) is 10.2 Å². The van der Waals surface area contributed by atoms with Crippen LogP contribution in [0.1, 0.15) is 32.8 Å². The minimum Gasteiger partial charge on any atom is -0.385 e. The first-order valence-electron chi connectivity index (χ1n) is 6.67. The van der Waals surface area contributed by atoms with E-state index in [4.69, 9.17) is 0 Å². The summed E-state index contributed by atoms with van der Waals surface area (Å²) in [6.07, 6.45) is -3.70. The third kappa shape index (κ3) is 6.80. The van der Waals surface area contributed by atoms with Crippen LogP contribution in [0.3, 0.4) is 0 Å². The average molecular weight is 289 g/mol. The van der Waals surface area contributed by atoms with Gasteiger partial charge in [0.1, 0.15) is 6.61 Å². The van der Waals surface area contributed by atoms with Crippen LogP contribution in [0.25, 0.3) is 0 Å². The van der Waals surface area contributed by atoms with Crippen LogP contribution in [0.5, 0.6) is 0 Å². The summed E-state index contributed by atoms with van der Waals surface area (Å²) in [6.45, 7) is 5.96. The number of hydrogen-bond acceptors (Lipinski definition) is 2. The fraction of sp³-hybridized carbons (Fsp3) is 0.600. The van der Waals surface area contributed by atoms with Gasteiger partial charge in [-0.1, -0.05) is 32.9 Å². The molecule has 1 aromatic carbocycles. The lowest BCUT2D eigenvalue weighted by Gasteiger charge is -2.19. The number of ether oxygens (including phenoxy) is 1. The normalized spacial score (nSPS) is 12.5. The van der Waals surface area contributed by atoms with Gasteiger partial charge in [-0.25, -0.2) is 0 Å². The fourth-order valence-corrected chi connectivity index (χ4v) is 1.68. The molecule has 0 saturated heterocycles. The van der Waals surface area contributed by atoms with Crippen molar-refractivity contribution in [1.29, 1.82) is 0 Å². The standard InChI is InChI=1S/C15H22F3NO/c1-14(2,3)12-5-7-13(8-6-12)19-9-4-10-20-11-15(16,17)18/h5-8,19H,4,9-11H2,1-3H3. The Kier molecular flexibility index (Phi) is 5.87. The summed E-state index contributed by atoms with van der Waals surface area (Å²) < 4.78 is 40.0. The molecular formula is C15H22F3NO. The second kappa shape index (κ2) is 6.97. The second-order valence-electron chi connectivity index (χ2n) is 5.78.